The summed E-state index contributed by atoms with van der Waals surface area (Å²) in [6.07, 6.45) is 3.45. The third kappa shape index (κ3) is 3.04. The van der Waals surface area contributed by atoms with Crippen molar-refractivity contribution < 1.29 is 18.0 Å². The van der Waals surface area contributed by atoms with Gasteiger partial charge in [0.15, 0.2) is 0 Å². The van der Waals surface area contributed by atoms with E-state index in [9.17, 15) is 0 Å². The first kappa shape index (κ1) is 14.1. The minimum Gasteiger partial charge on any atom is -0.380 e. The van der Waals surface area contributed by atoms with Gasteiger partial charge in [0.2, 0.25) is 0 Å². The second-order valence-electron chi connectivity index (χ2n) is 4.50. The molecule has 1 aliphatic rings. The van der Waals surface area contributed by atoms with Crippen molar-refractivity contribution in [3.05, 3.63) is 0 Å². The monoisotopic (exact) mass is 248 g/mol. The minimum absolute atomic E-state index is 0.412. The van der Waals surface area contributed by atoms with Crippen LogP contribution in [0.15, 0.2) is 0 Å². The zero-order valence-corrected chi connectivity index (χ0v) is 11.9. The maximum atomic E-state index is 5.40. The highest BCUT2D eigenvalue weighted by atomic mass is 28.4. The Bertz CT molecular complexity index is 188. The van der Waals surface area contributed by atoms with Gasteiger partial charge in [0, 0.05) is 32.8 Å². The molecule has 0 saturated carbocycles. The number of ether oxygens (including phenoxy) is 1. The second kappa shape index (κ2) is 6.12. The Hall–Kier alpha value is 0.0569. The maximum absolute atomic E-state index is 5.40. The molecule has 1 fully saturated rings. The van der Waals surface area contributed by atoms with E-state index < -0.39 is 8.80 Å². The van der Waals surface area contributed by atoms with E-state index in [4.69, 9.17) is 18.0 Å². The standard InChI is InChI=1S/C11H24O4Si/c1-5-11(9-15-10-11)7-6-8-16(12-2,13-3)14-4/h5-10H2,1-4H3. The Labute approximate surface area is 99.6 Å². The van der Waals surface area contributed by atoms with Crippen LogP contribution >= 0.6 is 0 Å². The summed E-state index contributed by atoms with van der Waals surface area (Å²) in [5.74, 6) is 0. The molecule has 1 heterocycles. The van der Waals surface area contributed by atoms with Crippen LogP contribution in [0.2, 0.25) is 6.04 Å². The first-order chi connectivity index (χ1) is 7.66. The van der Waals surface area contributed by atoms with Crippen molar-refractivity contribution in [2.24, 2.45) is 5.41 Å². The molecule has 0 aromatic heterocycles. The molecule has 0 N–H and O–H groups in total. The van der Waals surface area contributed by atoms with Gasteiger partial charge in [-0.1, -0.05) is 6.92 Å². The maximum Gasteiger partial charge on any atom is 0.500 e. The van der Waals surface area contributed by atoms with E-state index in [1.54, 1.807) is 21.3 Å². The Morgan fingerprint density at radius 1 is 1.12 bits per heavy atom. The summed E-state index contributed by atoms with van der Waals surface area (Å²) >= 11 is 0. The number of hydrogen-bond acceptors (Lipinski definition) is 4. The number of hydrogen-bond donors (Lipinski definition) is 0. The van der Waals surface area contributed by atoms with Gasteiger partial charge in [0.25, 0.3) is 0 Å². The lowest BCUT2D eigenvalue weighted by Crippen LogP contribution is -2.45. The molecule has 5 heteroatoms. The summed E-state index contributed by atoms with van der Waals surface area (Å²) in [6, 6.07) is 0.887. The molecule has 1 saturated heterocycles. The average molecular weight is 248 g/mol. The van der Waals surface area contributed by atoms with Gasteiger partial charge in [-0.25, -0.2) is 0 Å². The van der Waals surface area contributed by atoms with Crippen molar-refractivity contribution in [1.82, 2.24) is 0 Å². The highest BCUT2D eigenvalue weighted by molar-refractivity contribution is 6.60. The molecule has 1 aliphatic heterocycles. The lowest BCUT2D eigenvalue weighted by Gasteiger charge is -2.41. The SMILES string of the molecule is CCC1(CCC[Si](OC)(OC)OC)COC1. The van der Waals surface area contributed by atoms with Crippen molar-refractivity contribution in [3.8, 4) is 0 Å². The Kier molecular flexibility index (Phi) is 5.40. The summed E-state index contributed by atoms with van der Waals surface area (Å²) < 4.78 is 21.5. The lowest BCUT2D eigenvalue weighted by atomic mass is 9.79. The second-order valence-corrected chi connectivity index (χ2v) is 7.59. The molecule has 16 heavy (non-hydrogen) atoms. The molecule has 0 aromatic rings. The van der Waals surface area contributed by atoms with E-state index in [2.05, 4.69) is 6.92 Å². The largest absolute Gasteiger partial charge is 0.500 e. The van der Waals surface area contributed by atoms with Gasteiger partial charge in [-0.2, -0.15) is 0 Å². The van der Waals surface area contributed by atoms with Crippen LogP contribution < -0.4 is 0 Å². The summed E-state index contributed by atoms with van der Waals surface area (Å²) in [5, 5.41) is 0. The molecule has 0 aliphatic carbocycles. The topological polar surface area (TPSA) is 36.9 Å². The molecule has 0 atom stereocenters. The Morgan fingerprint density at radius 3 is 2.00 bits per heavy atom. The quantitative estimate of drug-likeness (QED) is 0.616. The van der Waals surface area contributed by atoms with Crippen LogP contribution in [0.4, 0.5) is 0 Å². The third-order valence-electron chi connectivity index (χ3n) is 3.69. The third-order valence-corrected chi connectivity index (χ3v) is 6.52. The van der Waals surface area contributed by atoms with E-state index in [0.717, 1.165) is 25.7 Å². The van der Waals surface area contributed by atoms with Crippen LogP contribution in [0.1, 0.15) is 26.2 Å². The Morgan fingerprint density at radius 2 is 1.69 bits per heavy atom. The van der Waals surface area contributed by atoms with Gasteiger partial charge in [-0.15, -0.1) is 0 Å². The van der Waals surface area contributed by atoms with Crippen LogP contribution in [0.5, 0.6) is 0 Å². The van der Waals surface area contributed by atoms with Gasteiger partial charge in [-0.3, -0.25) is 0 Å². The first-order valence-corrected chi connectivity index (χ1v) is 7.82. The van der Waals surface area contributed by atoms with E-state index >= 15 is 0 Å². The van der Waals surface area contributed by atoms with Gasteiger partial charge in [0.05, 0.1) is 13.2 Å². The number of rotatable bonds is 8. The van der Waals surface area contributed by atoms with E-state index in [0.29, 0.717) is 5.41 Å². The molecule has 4 nitrogen and oxygen atoms in total. The summed E-state index contributed by atoms with van der Waals surface area (Å²) in [7, 11) is 2.64. The molecule has 0 radical (unpaired) electrons. The highest BCUT2D eigenvalue weighted by Gasteiger charge is 2.40. The fourth-order valence-corrected chi connectivity index (χ4v) is 3.87. The average Bonchev–Trinajstić information content (AvgIpc) is 2.29. The molecule has 1 rings (SSSR count). The minimum atomic E-state index is -2.36. The fraction of sp³-hybridized carbons (Fsp3) is 1.00. The molecule has 0 bridgehead atoms. The van der Waals surface area contributed by atoms with Crippen molar-refractivity contribution >= 4 is 8.80 Å². The molecule has 0 spiro atoms. The van der Waals surface area contributed by atoms with Crippen molar-refractivity contribution in [2.45, 2.75) is 32.2 Å². The van der Waals surface area contributed by atoms with Gasteiger partial charge in [-0.05, 0) is 19.3 Å². The van der Waals surface area contributed by atoms with Gasteiger partial charge >= 0.3 is 8.80 Å². The summed E-state index contributed by atoms with van der Waals surface area (Å²) in [4.78, 5) is 0. The molecule has 0 amide bonds. The normalized spacial score (nSPS) is 19.5. The molecular weight excluding hydrogens is 224 g/mol. The van der Waals surface area contributed by atoms with Gasteiger partial charge < -0.3 is 18.0 Å². The molecular formula is C11H24O4Si. The summed E-state index contributed by atoms with van der Waals surface area (Å²) in [5.41, 5.74) is 0.412. The first-order valence-electron chi connectivity index (χ1n) is 5.89. The zero-order chi connectivity index (χ0) is 12.1. The zero-order valence-electron chi connectivity index (χ0n) is 10.9. The predicted octanol–water partition coefficient (Wildman–Crippen LogP) is 2.07. The van der Waals surface area contributed by atoms with Crippen LogP contribution in [-0.2, 0) is 18.0 Å². The smallest absolute Gasteiger partial charge is 0.380 e. The van der Waals surface area contributed by atoms with Gasteiger partial charge in [0.1, 0.15) is 0 Å². The van der Waals surface area contributed by atoms with Crippen molar-refractivity contribution in [3.63, 3.8) is 0 Å². The van der Waals surface area contributed by atoms with Crippen LogP contribution in [0.3, 0.4) is 0 Å². The fourth-order valence-electron chi connectivity index (χ4n) is 2.15. The molecule has 0 unspecified atom stereocenters. The van der Waals surface area contributed by atoms with Crippen LogP contribution in [-0.4, -0.2) is 43.3 Å². The lowest BCUT2D eigenvalue weighted by molar-refractivity contribution is -0.119. The van der Waals surface area contributed by atoms with E-state index in [-0.39, 0.29) is 0 Å². The van der Waals surface area contributed by atoms with E-state index in [1.807, 2.05) is 0 Å². The van der Waals surface area contributed by atoms with Crippen molar-refractivity contribution in [1.29, 1.82) is 0 Å². The van der Waals surface area contributed by atoms with Crippen LogP contribution in [0.25, 0.3) is 0 Å². The highest BCUT2D eigenvalue weighted by Crippen LogP contribution is 2.37. The molecule has 0 aromatic carbocycles. The Balaban J connectivity index is 2.32. The van der Waals surface area contributed by atoms with E-state index in [1.165, 1.54) is 12.8 Å². The van der Waals surface area contributed by atoms with Crippen LogP contribution in [0, 0.1) is 5.41 Å². The predicted molar refractivity (Wildman–Crippen MR) is 64.4 cm³/mol. The van der Waals surface area contributed by atoms with Crippen molar-refractivity contribution in [2.75, 3.05) is 34.5 Å². The molecule has 96 valence electrons. The summed E-state index contributed by atoms with van der Waals surface area (Å²) in [6.45, 7) is 4.05.